The summed E-state index contributed by atoms with van der Waals surface area (Å²) in [6.07, 6.45) is 0.506. The van der Waals surface area contributed by atoms with Crippen LogP contribution in [-0.4, -0.2) is 26.5 Å². The summed E-state index contributed by atoms with van der Waals surface area (Å²) in [4.78, 5) is 13.1. The molecule has 1 aliphatic heterocycles. The van der Waals surface area contributed by atoms with Crippen LogP contribution in [0.15, 0.2) is 64.2 Å². The van der Waals surface area contributed by atoms with Gasteiger partial charge in [-0.15, -0.1) is 11.3 Å². The lowest BCUT2D eigenvalue weighted by molar-refractivity contribution is -0.120. The van der Waals surface area contributed by atoms with E-state index >= 15 is 0 Å². The Labute approximate surface area is 197 Å². The molecule has 1 N–H and O–H groups in total. The van der Waals surface area contributed by atoms with E-state index in [2.05, 4.69) is 5.32 Å². The van der Waals surface area contributed by atoms with Gasteiger partial charge in [-0.25, -0.2) is 12.8 Å². The van der Waals surface area contributed by atoms with Gasteiger partial charge in [-0.2, -0.15) is 0 Å². The van der Waals surface area contributed by atoms with Crippen LogP contribution in [0.25, 0.3) is 0 Å². The number of aryl methyl sites for hydroxylation is 1. The summed E-state index contributed by atoms with van der Waals surface area (Å²) in [5, 5.41) is 4.56. The summed E-state index contributed by atoms with van der Waals surface area (Å²) in [7, 11) is -4.13. The van der Waals surface area contributed by atoms with Crippen molar-refractivity contribution in [3.63, 3.8) is 0 Å². The van der Waals surface area contributed by atoms with E-state index in [4.69, 9.17) is 4.74 Å². The van der Waals surface area contributed by atoms with Gasteiger partial charge in [-0.05, 0) is 56.0 Å². The number of benzene rings is 2. The maximum absolute atomic E-state index is 14.6. The Balaban J connectivity index is 1.64. The number of anilines is 1. The van der Waals surface area contributed by atoms with Crippen molar-refractivity contribution in [3.8, 4) is 5.75 Å². The number of halogens is 1. The first-order valence-corrected chi connectivity index (χ1v) is 12.8. The van der Waals surface area contributed by atoms with Gasteiger partial charge in [0.15, 0.2) is 0 Å². The van der Waals surface area contributed by atoms with Crippen molar-refractivity contribution < 1.29 is 22.3 Å². The summed E-state index contributed by atoms with van der Waals surface area (Å²) < 4.78 is 48.1. The zero-order valence-corrected chi connectivity index (χ0v) is 20.2. The smallest absolute Gasteiger partial charge is 0.274 e. The molecule has 174 valence electrons. The van der Waals surface area contributed by atoms with Crippen LogP contribution >= 0.6 is 11.3 Å². The van der Waals surface area contributed by atoms with Crippen molar-refractivity contribution >= 4 is 33.0 Å². The van der Waals surface area contributed by atoms with Crippen LogP contribution in [0.3, 0.4) is 0 Å². The molecule has 0 saturated carbocycles. The molecule has 4 rings (SSSR count). The number of fused-ring (bicyclic) bond motifs is 1. The molecule has 6 nitrogen and oxygen atoms in total. The minimum atomic E-state index is -4.13. The summed E-state index contributed by atoms with van der Waals surface area (Å²) in [5.41, 5.74) is 1.16. The fourth-order valence-corrected chi connectivity index (χ4v) is 6.46. The highest BCUT2D eigenvalue weighted by Crippen LogP contribution is 2.40. The molecular formula is C24H25FN2O4S2. The quantitative estimate of drug-likeness (QED) is 0.540. The number of carbonyl (C=O) groups is 1. The van der Waals surface area contributed by atoms with E-state index in [0.29, 0.717) is 12.2 Å². The number of carbonyl (C=O) groups excluding carboxylic acids is 1. The van der Waals surface area contributed by atoms with Crippen LogP contribution in [-0.2, 0) is 14.8 Å². The molecule has 0 spiro atoms. The highest BCUT2D eigenvalue weighted by Gasteiger charge is 2.36. The van der Waals surface area contributed by atoms with E-state index < -0.39 is 33.9 Å². The fraction of sp³-hybridized carbons (Fsp3) is 0.292. The zero-order valence-electron chi connectivity index (χ0n) is 18.5. The topological polar surface area (TPSA) is 75.7 Å². The van der Waals surface area contributed by atoms with Crippen LogP contribution < -0.4 is 14.4 Å². The van der Waals surface area contributed by atoms with E-state index in [9.17, 15) is 17.6 Å². The number of hydrogen-bond acceptors (Lipinski definition) is 5. The first kappa shape index (κ1) is 23.3. The molecule has 2 heterocycles. The highest BCUT2D eigenvalue weighted by molar-refractivity contribution is 7.94. The molecule has 0 radical (unpaired) electrons. The van der Waals surface area contributed by atoms with Crippen molar-refractivity contribution in [2.45, 2.75) is 43.0 Å². The van der Waals surface area contributed by atoms with Crippen LogP contribution in [0.1, 0.15) is 37.4 Å². The fourth-order valence-electron chi connectivity index (χ4n) is 3.93. The van der Waals surface area contributed by atoms with E-state index in [1.165, 1.54) is 30.3 Å². The predicted octanol–water partition coefficient (Wildman–Crippen LogP) is 4.81. The summed E-state index contributed by atoms with van der Waals surface area (Å²) in [5.74, 6) is -0.570. The minimum Gasteiger partial charge on any atom is -0.487 e. The second-order valence-corrected chi connectivity index (χ2v) is 11.7. The Morgan fingerprint density at radius 3 is 2.67 bits per heavy atom. The lowest BCUT2D eigenvalue weighted by atomic mass is 9.89. The Morgan fingerprint density at radius 2 is 1.97 bits per heavy atom. The van der Waals surface area contributed by atoms with Gasteiger partial charge in [0.05, 0.1) is 11.7 Å². The molecule has 0 bridgehead atoms. The first-order chi connectivity index (χ1) is 15.6. The molecule has 1 amide bonds. The van der Waals surface area contributed by atoms with Crippen molar-refractivity contribution in [1.29, 1.82) is 0 Å². The number of nitrogens with one attached hydrogen (secondary N) is 1. The molecule has 1 atom stereocenters. The lowest BCUT2D eigenvalue weighted by Crippen LogP contribution is -2.45. The molecule has 1 aromatic heterocycles. The number of ether oxygens (including phenoxy) is 1. The Bertz CT molecular complexity index is 1270. The first-order valence-electron chi connectivity index (χ1n) is 10.5. The van der Waals surface area contributed by atoms with Crippen molar-refractivity contribution in [2.75, 3.05) is 10.8 Å². The predicted molar refractivity (Wildman–Crippen MR) is 127 cm³/mol. The van der Waals surface area contributed by atoms with Crippen molar-refractivity contribution in [1.82, 2.24) is 5.32 Å². The third-order valence-electron chi connectivity index (χ3n) is 5.41. The molecule has 0 fully saturated rings. The molecule has 1 aliphatic rings. The normalized spacial score (nSPS) is 17.0. The van der Waals surface area contributed by atoms with Crippen LogP contribution in [0.4, 0.5) is 10.1 Å². The van der Waals surface area contributed by atoms with Gasteiger partial charge in [-0.3, -0.25) is 9.10 Å². The SMILES string of the molecule is Cc1ccc2c(c1)OC(C)(C)CC2NC(=O)CN(c1ccccc1F)S(=O)(=O)c1cccs1. The van der Waals surface area contributed by atoms with Crippen LogP contribution in [0.2, 0.25) is 0 Å². The zero-order chi connectivity index (χ0) is 23.8. The molecule has 3 aromatic rings. The van der Waals surface area contributed by atoms with E-state index in [1.807, 2.05) is 39.0 Å². The number of rotatable bonds is 6. The molecule has 9 heteroatoms. The van der Waals surface area contributed by atoms with E-state index in [0.717, 1.165) is 26.8 Å². The van der Waals surface area contributed by atoms with Gasteiger partial charge >= 0.3 is 0 Å². The van der Waals surface area contributed by atoms with Crippen LogP contribution in [0.5, 0.6) is 5.75 Å². The average Bonchev–Trinajstić information content (AvgIpc) is 3.27. The van der Waals surface area contributed by atoms with E-state index in [-0.39, 0.29) is 15.9 Å². The summed E-state index contributed by atoms with van der Waals surface area (Å²) in [6, 6.07) is 13.9. The summed E-state index contributed by atoms with van der Waals surface area (Å²) >= 11 is 1.01. The molecular weight excluding hydrogens is 463 g/mol. The van der Waals surface area contributed by atoms with E-state index in [1.54, 1.807) is 11.4 Å². The van der Waals surface area contributed by atoms with Crippen molar-refractivity contribution in [2.24, 2.45) is 0 Å². The number of hydrogen-bond donors (Lipinski definition) is 1. The lowest BCUT2D eigenvalue weighted by Gasteiger charge is -2.38. The Hall–Kier alpha value is -2.91. The standard InChI is InChI=1S/C24H25FN2O4S2/c1-16-10-11-17-19(14-24(2,3)31-21(17)13-16)26-22(28)15-27(20-8-5-4-7-18(20)25)33(29,30)23-9-6-12-32-23/h4-13,19H,14-15H2,1-3H3,(H,26,28). The Morgan fingerprint density at radius 1 is 1.21 bits per heavy atom. The van der Waals surface area contributed by atoms with Crippen molar-refractivity contribution in [3.05, 3.63) is 76.9 Å². The molecule has 0 saturated heterocycles. The minimum absolute atomic E-state index is 0.0339. The van der Waals surface area contributed by atoms with Gasteiger partial charge in [-0.1, -0.05) is 30.3 Å². The largest absolute Gasteiger partial charge is 0.487 e. The number of amides is 1. The maximum atomic E-state index is 14.6. The number of para-hydroxylation sites is 1. The average molecular weight is 489 g/mol. The maximum Gasteiger partial charge on any atom is 0.274 e. The van der Waals surface area contributed by atoms with Gasteiger partial charge < -0.3 is 10.1 Å². The monoisotopic (exact) mass is 488 g/mol. The van der Waals surface area contributed by atoms with Gasteiger partial charge in [0.1, 0.15) is 27.9 Å². The van der Waals surface area contributed by atoms with Gasteiger partial charge in [0, 0.05) is 12.0 Å². The summed E-state index contributed by atoms with van der Waals surface area (Å²) in [6.45, 7) is 5.27. The number of nitrogens with zero attached hydrogens (tertiary/aromatic N) is 1. The number of thiophene rings is 1. The molecule has 1 unspecified atom stereocenters. The Kier molecular flexibility index (Phi) is 6.20. The molecule has 0 aliphatic carbocycles. The molecule has 2 aromatic carbocycles. The van der Waals surface area contributed by atoms with Crippen LogP contribution in [0, 0.1) is 12.7 Å². The second kappa shape index (κ2) is 8.79. The molecule has 33 heavy (non-hydrogen) atoms. The second-order valence-electron chi connectivity index (χ2n) is 8.62. The third kappa shape index (κ3) is 4.89. The number of sulfonamides is 1. The third-order valence-corrected chi connectivity index (χ3v) is 8.54. The van der Waals surface area contributed by atoms with Gasteiger partial charge in [0.2, 0.25) is 5.91 Å². The highest BCUT2D eigenvalue weighted by atomic mass is 32.2. The van der Waals surface area contributed by atoms with Gasteiger partial charge in [0.25, 0.3) is 10.0 Å².